The summed E-state index contributed by atoms with van der Waals surface area (Å²) in [6, 6.07) is 15.7. The minimum absolute atomic E-state index is 0. The molecule has 0 fully saturated rings. The van der Waals surface area contributed by atoms with Crippen molar-refractivity contribution in [2.24, 2.45) is 0 Å². The van der Waals surface area contributed by atoms with Crippen LogP contribution in [0.5, 0.6) is 0 Å². The zero-order valence-corrected chi connectivity index (χ0v) is 24.9. The molecule has 0 radical (unpaired) electrons. The third kappa shape index (κ3) is 5.02. The van der Waals surface area contributed by atoms with Gasteiger partial charge in [0.25, 0.3) is 0 Å². The van der Waals surface area contributed by atoms with Crippen molar-refractivity contribution in [3.05, 3.63) is 94.6 Å². The quantitative estimate of drug-likeness (QED) is 0.249. The first-order valence-corrected chi connectivity index (χ1v) is 12.3. The largest absolute Gasteiger partial charge is 2.00 e. The van der Waals surface area contributed by atoms with Crippen LogP contribution < -0.4 is 10.2 Å². The van der Waals surface area contributed by atoms with E-state index in [1.807, 2.05) is 0 Å². The van der Waals surface area contributed by atoms with Gasteiger partial charge in [0.1, 0.15) is 11.7 Å². The number of fused-ring (bicyclic) bond motifs is 8. The van der Waals surface area contributed by atoms with Crippen molar-refractivity contribution in [2.75, 3.05) is 0 Å². The van der Waals surface area contributed by atoms with Crippen LogP contribution in [0.2, 0.25) is 0 Å². The predicted molar refractivity (Wildman–Crippen MR) is 147 cm³/mol. The summed E-state index contributed by atoms with van der Waals surface area (Å²) >= 11 is 0. The van der Waals surface area contributed by atoms with E-state index in [9.17, 15) is 39.6 Å². The number of aromatic amines is 1. The third-order valence-electron chi connectivity index (χ3n) is 6.67. The Bertz CT molecular complexity index is 2110. The second kappa shape index (κ2) is 11.0. The summed E-state index contributed by atoms with van der Waals surface area (Å²) in [5.41, 5.74) is -2.36. The maximum atomic E-state index is 12.8. The van der Waals surface area contributed by atoms with Crippen LogP contribution in [0, 0.1) is 0 Å². The summed E-state index contributed by atoms with van der Waals surface area (Å²) in [5.74, 6) is -5.31. The van der Waals surface area contributed by atoms with Crippen LogP contribution in [0.3, 0.4) is 0 Å². The minimum Gasteiger partial charge on any atom is -0.545 e. The number of carboxylic acids is 3. The van der Waals surface area contributed by atoms with Crippen molar-refractivity contribution in [3.8, 4) is 11.1 Å². The number of rotatable bonds is 4. The van der Waals surface area contributed by atoms with Gasteiger partial charge in [0.2, 0.25) is 0 Å². The fraction of sp³-hybridized carbons (Fsp3) is 0. The van der Waals surface area contributed by atoms with Gasteiger partial charge >= 0.3 is 31.4 Å². The van der Waals surface area contributed by atoms with Gasteiger partial charge in [-0.15, -0.1) is 0 Å². The molecule has 8 bridgehead atoms. The number of carbonyl (C=O) groups is 4. The molecule has 3 aromatic heterocycles. The Kier molecular flexibility index (Phi) is 7.35. The molecule has 0 saturated carbocycles. The van der Waals surface area contributed by atoms with Gasteiger partial charge in [0.15, 0.2) is 0 Å². The molecule has 0 aliphatic carbocycles. The Hall–Kier alpha value is -5.68. The van der Waals surface area contributed by atoms with Gasteiger partial charge in [-0.25, -0.2) is 19.6 Å². The third-order valence-corrected chi connectivity index (χ3v) is 6.67. The van der Waals surface area contributed by atoms with Gasteiger partial charge in [-0.2, -0.15) is 0 Å². The van der Waals surface area contributed by atoms with E-state index in [0.717, 1.165) is 6.08 Å². The molecule has 5 heterocycles. The predicted octanol–water partition coefficient (Wildman–Crippen LogP) is 2.50. The molecule has 43 heavy (non-hydrogen) atoms. The number of hydrogen-bond acceptors (Lipinski definition) is 8. The first-order valence-electron chi connectivity index (χ1n) is 12.3. The second-order valence-electron chi connectivity index (χ2n) is 9.26. The van der Waals surface area contributed by atoms with Gasteiger partial charge < -0.3 is 35.0 Å². The summed E-state index contributed by atoms with van der Waals surface area (Å²) in [6.45, 7) is 0. The Morgan fingerprint density at radius 3 is 1.98 bits per heavy atom. The van der Waals surface area contributed by atoms with Gasteiger partial charge in [0, 0.05) is 22.2 Å². The van der Waals surface area contributed by atoms with E-state index >= 15 is 0 Å². The van der Waals surface area contributed by atoms with Crippen molar-refractivity contribution in [1.82, 2.24) is 19.5 Å². The minimum atomic E-state index is -1.98. The number of H-pyrrole nitrogens is 1. The summed E-state index contributed by atoms with van der Waals surface area (Å²) in [4.78, 5) is 62.3. The summed E-state index contributed by atoms with van der Waals surface area (Å²) in [5, 5.41) is 45.8. The zero-order chi connectivity index (χ0) is 29.7. The number of aromatic nitrogens is 4. The Morgan fingerprint density at radius 2 is 1.40 bits per heavy atom. The van der Waals surface area contributed by atoms with Gasteiger partial charge in [-0.1, -0.05) is 30.3 Å². The molecule has 1 aromatic carbocycles. The van der Waals surface area contributed by atoms with E-state index in [-0.39, 0.29) is 47.5 Å². The van der Waals surface area contributed by atoms with Crippen molar-refractivity contribution in [1.29, 1.82) is 0 Å². The number of carbonyl (C=O) groups excluding carboxylic acids is 2. The van der Waals surface area contributed by atoms with Gasteiger partial charge in [0.05, 0.1) is 45.4 Å². The number of benzene rings is 1. The second-order valence-corrected chi connectivity index (χ2v) is 9.26. The van der Waals surface area contributed by atoms with Crippen molar-refractivity contribution in [2.45, 2.75) is 0 Å². The van der Waals surface area contributed by atoms with Gasteiger partial charge in [-0.3, -0.25) is 4.57 Å². The van der Waals surface area contributed by atoms with Crippen LogP contribution in [0.4, 0.5) is 4.79 Å². The molecule has 206 valence electrons. The average Bonchev–Trinajstić information content (AvgIpc) is 3.71. The van der Waals surface area contributed by atoms with Crippen LogP contribution in [0.25, 0.3) is 57.0 Å². The van der Waals surface area contributed by atoms with Crippen LogP contribution in [0.1, 0.15) is 43.5 Å². The average molecular weight is 626 g/mol. The molecule has 0 atom stereocenters. The molecule has 4 aromatic rings. The van der Waals surface area contributed by atoms with Crippen molar-refractivity contribution < 1.29 is 59.1 Å². The molecule has 6 rings (SSSR count). The molecule has 0 saturated heterocycles. The number of aliphatic carboxylic acids is 1. The van der Waals surface area contributed by atoms with E-state index in [4.69, 9.17) is 0 Å². The SMILES string of the molecule is O=C(O)C1=Cc2cc3ccc(cc4nc(cc5c(-c6ccccc6)c(C(=O)[O-])c(c(C(=O)O)c1n2)n5C(=O)[O-])C=C4)[nH]3.[Zn+2]. The van der Waals surface area contributed by atoms with E-state index in [2.05, 4.69) is 15.0 Å². The Labute approximate surface area is 253 Å². The molecule has 0 spiro atoms. The smallest absolute Gasteiger partial charge is 0.545 e. The Morgan fingerprint density at radius 1 is 0.767 bits per heavy atom. The zero-order valence-electron chi connectivity index (χ0n) is 21.9. The van der Waals surface area contributed by atoms with E-state index in [0.29, 0.717) is 21.3 Å². The fourth-order valence-corrected chi connectivity index (χ4v) is 5.04. The number of aromatic carboxylic acids is 2. The molecule has 3 N–H and O–H groups in total. The van der Waals surface area contributed by atoms with Crippen LogP contribution in [0.15, 0.2) is 60.7 Å². The van der Waals surface area contributed by atoms with Gasteiger partial charge in [-0.05, 0) is 54.1 Å². The van der Waals surface area contributed by atoms with Crippen molar-refractivity contribution >= 4 is 69.9 Å². The van der Waals surface area contributed by atoms with Crippen LogP contribution in [-0.4, -0.2) is 53.7 Å². The molecule has 0 unspecified atom stereocenters. The van der Waals surface area contributed by atoms with E-state index < -0.39 is 51.9 Å². The normalized spacial score (nSPS) is 11.9. The van der Waals surface area contributed by atoms with Crippen LogP contribution >= 0.6 is 0 Å². The molecule has 2 aliphatic rings. The monoisotopic (exact) mass is 624 g/mol. The molecule has 0 amide bonds. The molecular formula is C30H16N4O8Zn. The molecular weight excluding hydrogens is 610 g/mol. The molecule has 13 heteroatoms. The molecule has 12 nitrogen and oxygen atoms in total. The number of nitrogens with one attached hydrogen (secondary N) is 1. The summed E-state index contributed by atoms with van der Waals surface area (Å²) < 4.78 is 0.376. The summed E-state index contributed by atoms with van der Waals surface area (Å²) in [7, 11) is 0. The number of nitrogens with zero attached hydrogens (tertiary/aromatic N) is 3. The Balaban J connectivity index is 0.00000368. The number of carboxylic acid groups (broad SMARTS) is 4. The standard InChI is InChI=1S/C30H18N4O8.Zn/c35-27(36)20-12-19-11-17-7-6-15(31-17)10-16-8-9-18(32-16)13-21-22(14-4-2-1-3-5-14)23(28(37)38)26(34(21)30(41)42)24(29(39)40)25(20)33-19;/h1-13,31H,(H,35,36)(H,37,38)(H,39,40)(H,41,42);/q;+2/p-2. The maximum Gasteiger partial charge on any atom is 2.00 e. The summed E-state index contributed by atoms with van der Waals surface area (Å²) in [6.07, 6.45) is 2.34. The van der Waals surface area contributed by atoms with E-state index in [1.54, 1.807) is 48.6 Å². The first kappa shape index (κ1) is 28.8. The molecule has 2 aliphatic heterocycles. The van der Waals surface area contributed by atoms with Crippen molar-refractivity contribution in [3.63, 3.8) is 0 Å². The first-order chi connectivity index (χ1) is 20.1. The fourth-order valence-electron chi connectivity index (χ4n) is 5.04. The number of hydrogen-bond donors (Lipinski definition) is 3. The van der Waals surface area contributed by atoms with Crippen LogP contribution in [-0.2, 0) is 24.3 Å². The van der Waals surface area contributed by atoms with E-state index in [1.165, 1.54) is 24.3 Å². The maximum absolute atomic E-state index is 12.8. The topological polar surface area (TPSA) is 201 Å².